The fraction of sp³-hybridized carbons (Fsp3) is 0.638. The van der Waals surface area contributed by atoms with E-state index in [0.717, 1.165) is 87.5 Å². The van der Waals surface area contributed by atoms with Crippen LogP contribution in [0.1, 0.15) is 74.3 Å². The number of alkyl halides is 12. The first-order chi connectivity index (χ1) is 36.0. The first kappa shape index (κ1) is 67.6. The average Bonchev–Trinajstić information content (AvgIpc) is 4.03. The quantitative estimate of drug-likeness (QED) is 0.107. The Balaban J connectivity index is 0.000000275. The molecule has 31 heteroatoms. The summed E-state index contributed by atoms with van der Waals surface area (Å²) in [6.45, 7) is 13.7. The van der Waals surface area contributed by atoms with Crippen molar-refractivity contribution in [3.05, 3.63) is 69.4 Å². The smallest absolute Gasteiger partial charge is 0.850 e. The largest absolute Gasteiger partial charge is 1.00 e. The third-order valence-corrected chi connectivity index (χ3v) is 13.6. The van der Waals surface area contributed by atoms with E-state index in [4.69, 9.17) is 21.4 Å². The van der Waals surface area contributed by atoms with E-state index >= 15 is 0 Å². The number of ether oxygens (including phenoxy) is 1. The molecule has 4 fully saturated rings. The molecule has 4 saturated heterocycles. The summed E-state index contributed by atoms with van der Waals surface area (Å²) in [6.07, 6.45) is -15.2. The van der Waals surface area contributed by atoms with Crippen LogP contribution in [-0.4, -0.2) is 142 Å². The molecule has 15 nitrogen and oxygen atoms in total. The number of nitrogens with zero attached hydrogens (tertiary/aromatic N) is 8. The second-order valence-corrected chi connectivity index (χ2v) is 20.9. The van der Waals surface area contributed by atoms with Gasteiger partial charge in [-0.05, 0) is 112 Å². The van der Waals surface area contributed by atoms with E-state index in [1.54, 1.807) is 20.8 Å². The van der Waals surface area contributed by atoms with E-state index in [1.165, 1.54) is 4.90 Å². The van der Waals surface area contributed by atoms with Crippen LogP contribution in [0.15, 0.2) is 36.4 Å². The molecule has 6 heterocycles. The normalized spacial score (nSPS) is 17.4. The standard InChI is InChI=1S/C21H24F6N6O2S.C16H15ClF6N4S.C6H13NO.C4H9O.K/c22-20(23,24)14-9-15(21(25,26)27)11-16(10-14)29-19(34)33-7-5-32(6-8-33)17-18(31-36-30-17)35-12-13-1-3-28-4-2-13;17-13-14(25-28-24-13)27-5-3-26(4-6-27)2-1-10-7-11(15(18,19)20)9-12(8-10)16(21,22)23;8-5-6-1-3-7-4-2-6;1-4(2,3)5;/h9-11,13,28H,1-8,12H2,(H,29,34);7-9H,1-6H2;6-8H,1-5H2;1-3H3;/q;;;-1;+1. The molecule has 4 aliphatic heterocycles. The van der Waals surface area contributed by atoms with E-state index in [-0.39, 0.29) is 88.6 Å². The van der Waals surface area contributed by atoms with Crippen LogP contribution in [0.3, 0.4) is 0 Å². The number of anilines is 3. The minimum absolute atomic E-state index is 0. The predicted octanol–water partition coefficient (Wildman–Crippen LogP) is 6.03. The molecule has 4 aromatic rings. The molecule has 4 aliphatic rings. The van der Waals surface area contributed by atoms with Crippen LogP contribution in [0, 0.1) is 11.8 Å². The van der Waals surface area contributed by atoms with Crippen LogP contribution in [0.25, 0.3) is 0 Å². The van der Waals surface area contributed by atoms with E-state index in [0.29, 0.717) is 106 Å². The maximum absolute atomic E-state index is 13.1. The van der Waals surface area contributed by atoms with Gasteiger partial charge in [-0.3, -0.25) is 4.90 Å². The number of hydrogen-bond acceptors (Lipinski definition) is 15. The molecule has 0 atom stereocenters. The fourth-order valence-electron chi connectivity index (χ4n) is 8.12. The van der Waals surface area contributed by atoms with Crippen molar-refractivity contribution < 1.29 is 124 Å². The van der Waals surface area contributed by atoms with Crippen LogP contribution in [-0.2, 0) is 31.1 Å². The number of benzene rings is 2. The Hall–Kier alpha value is -2.88. The van der Waals surface area contributed by atoms with Gasteiger partial charge in [-0.1, -0.05) is 32.4 Å². The van der Waals surface area contributed by atoms with Crippen LogP contribution < -0.4 is 87.0 Å². The van der Waals surface area contributed by atoms with Crippen molar-refractivity contribution in [2.24, 2.45) is 11.8 Å². The molecule has 2 aromatic carbocycles. The van der Waals surface area contributed by atoms with Crippen molar-refractivity contribution in [2.45, 2.75) is 83.2 Å². The molecule has 432 valence electrons. The third-order valence-electron chi connectivity index (χ3n) is 12.2. The Bertz CT molecular complexity index is 2370. The number of aliphatic hydroxyl groups excluding tert-OH is 1. The number of amides is 2. The van der Waals surface area contributed by atoms with Crippen LogP contribution in [0.2, 0.25) is 5.15 Å². The Labute approximate surface area is 499 Å². The molecule has 0 aliphatic carbocycles. The van der Waals surface area contributed by atoms with Crippen molar-refractivity contribution in [3.8, 4) is 5.88 Å². The first-order valence-corrected chi connectivity index (χ1v) is 26.3. The van der Waals surface area contributed by atoms with E-state index in [2.05, 4.69) is 33.4 Å². The molecule has 4 N–H and O–H groups in total. The van der Waals surface area contributed by atoms with Crippen molar-refractivity contribution in [3.63, 3.8) is 0 Å². The summed E-state index contributed by atoms with van der Waals surface area (Å²) in [4.78, 5) is 19.7. The number of carbonyl (C=O) groups excluding carboxylic acids is 1. The van der Waals surface area contributed by atoms with Gasteiger partial charge in [0.05, 0.1) is 52.3 Å². The molecule has 8 rings (SSSR count). The average molecular weight is 1210 g/mol. The summed E-state index contributed by atoms with van der Waals surface area (Å²) >= 11 is 7.96. The molecule has 0 spiro atoms. The molecule has 2 aromatic heterocycles. The first-order valence-electron chi connectivity index (χ1n) is 24.5. The monoisotopic (exact) mass is 1210 g/mol. The number of rotatable bonds is 10. The summed E-state index contributed by atoms with van der Waals surface area (Å²) in [5.74, 6) is 2.58. The summed E-state index contributed by atoms with van der Waals surface area (Å²) in [7, 11) is 0. The number of carbonyl (C=O) groups is 1. The summed E-state index contributed by atoms with van der Waals surface area (Å²) in [5.41, 5.74) is -6.88. The molecule has 0 bridgehead atoms. The van der Waals surface area contributed by atoms with Gasteiger partial charge in [0.1, 0.15) is 0 Å². The van der Waals surface area contributed by atoms with Crippen molar-refractivity contribution in [1.29, 1.82) is 0 Å². The van der Waals surface area contributed by atoms with E-state index in [9.17, 15) is 62.6 Å². The second kappa shape index (κ2) is 30.4. The molecule has 0 unspecified atom stereocenters. The molecule has 78 heavy (non-hydrogen) atoms. The zero-order valence-corrected chi connectivity index (χ0v) is 48.8. The fourth-order valence-corrected chi connectivity index (χ4v) is 9.41. The number of aliphatic hydroxyl groups is 1. The van der Waals surface area contributed by atoms with Gasteiger partial charge in [0.25, 0.3) is 5.88 Å². The Morgan fingerprint density at radius 3 is 1.53 bits per heavy atom. The molecular weight excluding hydrogens is 1150 g/mol. The number of piperazine rings is 2. The predicted molar refractivity (Wildman–Crippen MR) is 266 cm³/mol. The molecule has 2 amide bonds. The van der Waals surface area contributed by atoms with Gasteiger partial charge in [0.15, 0.2) is 11.0 Å². The minimum Gasteiger partial charge on any atom is -0.850 e. The number of aromatic nitrogens is 4. The van der Waals surface area contributed by atoms with Gasteiger partial charge >= 0.3 is 82.1 Å². The summed E-state index contributed by atoms with van der Waals surface area (Å²) in [5, 5.41) is 27.8. The van der Waals surface area contributed by atoms with Gasteiger partial charge in [-0.25, -0.2) is 4.79 Å². The van der Waals surface area contributed by atoms with Crippen molar-refractivity contribution >= 4 is 58.4 Å². The molecule has 0 saturated carbocycles. The SMILES string of the molecule is CC(C)(C)[O-].FC(F)(F)c1cc(CCN2CCN(c3nsnc3Cl)CC2)cc(C(F)(F)F)c1.O=C(Nc1cc(C(F)(F)F)cc(C(F)(F)F)c1)N1CCN(c2nsnc2OCC2CCNCC2)CC1.OCC1CCNCC1.[K+]. The Morgan fingerprint density at radius 2 is 1.09 bits per heavy atom. The van der Waals surface area contributed by atoms with Crippen molar-refractivity contribution in [2.75, 3.05) is 113 Å². The number of hydrogen-bond donors (Lipinski definition) is 4. The molecular formula is C47H61ClF12KN11O4S2. The van der Waals surface area contributed by atoms with Crippen molar-refractivity contribution in [1.82, 2.24) is 37.9 Å². The number of urea groups is 1. The van der Waals surface area contributed by atoms with Gasteiger partial charge in [0.2, 0.25) is 5.82 Å². The summed E-state index contributed by atoms with van der Waals surface area (Å²) < 4.78 is 179. The number of halogens is 13. The van der Waals surface area contributed by atoms with Gasteiger partial charge < -0.3 is 45.6 Å². The Morgan fingerprint density at radius 1 is 0.667 bits per heavy atom. The van der Waals surface area contributed by atoms with Crippen LogP contribution in [0.4, 0.5) is 74.8 Å². The Kier molecular flexibility index (Phi) is 26.4. The van der Waals surface area contributed by atoms with E-state index < -0.39 is 64.3 Å². The van der Waals surface area contributed by atoms with Crippen LogP contribution >= 0.6 is 35.1 Å². The second-order valence-electron chi connectivity index (χ2n) is 19.5. The zero-order chi connectivity index (χ0) is 56.8. The third kappa shape index (κ3) is 22.8. The maximum atomic E-state index is 13.1. The maximum Gasteiger partial charge on any atom is 1.00 e. The van der Waals surface area contributed by atoms with Gasteiger partial charge in [0, 0.05) is 71.2 Å². The number of nitrogens with one attached hydrogen (secondary N) is 3. The minimum atomic E-state index is -5.00. The van der Waals surface area contributed by atoms with E-state index in [1.807, 2.05) is 14.7 Å². The van der Waals surface area contributed by atoms with Crippen LogP contribution in [0.5, 0.6) is 5.88 Å². The zero-order valence-electron chi connectivity index (χ0n) is 43.2. The number of piperidine rings is 2. The van der Waals surface area contributed by atoms with Gasteiger partial charge in [-0.2, -0.15) is 65.8 Å². The topological polar surface area (TPSA) is 170 Å². The summed E-state index contributed by atoms with van der Waals surface area (Å²) in [6, 6.07) is 1.90. The molecule has 0 radical (unpaired) electrons. The van der Waals surface area contributed by atoms with Gasteiger partial charge in [-0.15, -0.1) is 9.97 Å².